The summed E-state index contributed by atoms with van der Waals surface area (Å²) in [4.78, 5) is 31.0. The smallest absolute Gasteiger partial charge is 0.190 e. The van der Waals surface area contributed by atoms with E-state index in [0.717, 1.165) is 24.2 Å². The monoisotopic (exact) mass is 447 g/mol. The molecule has 33 heavy (non-hydrogen) atoms. The molecule has 1 aromatic carbocycles. The molecule has 2 N–H and O–H groups in total. The van der Waals surface area contributed by atoms with Crippen molar-refractivity contribution >= 4 is 23.0 Å². The summed E-state index contributed by atoms with van der Waals surface area (Å²) in [5.74, 6) is -0.356. The molecule has 5 nitrogen and oxygen atoms in total. The number of aliphatic hydroxyl groups is 2. The summed E-state index contributed by atoms with van der Waals surface area (Å²) in [5, 5.41) is 20.8. The van der Waals surface area contributed by atoms with Crippen LogP contribution < -0.4 is 0 Å². The fourth-order valence-electron chi connectivity index (χ4n) is 7.47. The van der Waals surface area contributed by atoms with Gasteiger partial charge in [0.1, 0.15) is 18.0 Å². The first kappa shape index (κ1) is 22.4. The third kappa shape index (κ3) is 3.16. The van der Waals surface area contributed by atoms with Gasteiger partial charge in [0.05, 0.1) is 11.4 Å². The van der Waals surface area contributed by atoms with Gasteiger partial charge in [0.25, 0.3) is 0 Å². The van der Waals surface area contributed by atoms with Gasteiger partial charge in [-0.05, 0) is 68.7 Å². The summed E-state index contributed by atoms with van der Waals surface area (Å²) < 4.78 is 0. The zero-order valence-electron chi connectivity index (χ0n) is 19.7. The fourth-order valence-corrected chi connectivity index (χ4v) is 7.47. The van der Waals surface area contributed by atoms with Crippen LogP contribution in [0.2, 0.25) is 0 Å². The van der Waals surface area contributed by atoms with Crippen molar-refractivity contribution in [2.75, 3.05) is 6.61 Å². The van der Waals surface area contributed by atoms with Gasteiger partial charge in [0.15, 0.2) is 5.78 Å². The van der Waals surface area contributed by atoms with Crippen LogP contribution in [0.4, 0.5) is 5.69 Å². The number of hydrogen-bond donors (Lipinski definition) is 2. The van der Waals surface area contributed by atoms with Crippen LogP contribution in [0.25, 0.3) is 0 Å². The maximum atomic E-state index is 13.7. The summed E-state index contributed by atoms with van der Waals surface area (Å²) in [6.07, 6.45) is 9.31. The lowest BCUT2D eigenvalue weighted by molar-refractivity contribution is -0.168. The molecule has 0 radical (unpaired) electrons. The van der Waals surface area contributed by atoms with E-state index in [4.69, 9.17) is 4.99 Å². The van der Waals surface area contributed by atoms with Gasteiger partial charge < -0.3 is 10.2 Å². The average molecular weight is 448 g/mol. The molecular formula is C28H33NO4. The van der Waals surface area contributed by atoms with Crippen molar-refractivity contribution in [3.05, 3.63) is 53.6 Å². The Labute approximate surface area is 195 Å². The lowest BCUT2D eigenvalue weighted by atomic mass is 9.46. The molecule has 174 valence electrons. The van der Waals surface area contributed by atoms with E-state index in [0.29, 0.717) is 12.8 Å². The Hall–Kier alpha value is -2.37. The number of aryl methyl sites for hydroxylation is 1. The summed E-state index contributed by atoms with van der Waals surface area (Å²) in [6.45, 7) is 5.43. The van der Waals surface area contributed by atoms with E-state index < -0.39 is 23.4 Å². The summed E-state index contributed by atoms with van der Waals surface area (Å²) in [5.41, 5.74) is 1.48. The van der Waals surface area contributed by atoms with Crippen LogP contribution in [-0.2, 0) is 9.59 Å². The second-order valence-electron chi connectivity index (χ2n) is 11.0. The number of carbonyl (C=O) groups is 2. The van der Waals surface area contributed by atoms with Crippen LogP contribution in [0, 0.1) is 35.5 Å². The topological polar surface area (TPSA) is 87.0 Å². The number of benzene rings is 1. The SMILES string of the molecule is Cc1ccc(/N=C2\C=C[C@@]3(C)C(=C2)CC[C@@H]2[C@@H]3C(=O)C[C@@]3(C)[C@H]2CC[C@]3(O)C(=O)CO)cc1. The fraction of sp³-hybridized carbons (Fsp3) is 0.536. The van der Waals surface area contributed by atoms with Gasteiger partial charge in [-0.15, -0.1) is 0 Å². The summed E-state index contributed by atoms with van der Waals surface area (Å²) >= 11 is 0. The minimum Gasteiger partial charge on any atom is -0.388 e. The zero-order valence-corrected chi connectivity index (χ0v) is 19.7. The zero-order chi connectivity index (χ0) is 23.6. The number of nitrogens with zero attached hydrogens (tertiary/aromatic N) is 1. The Bertz CT molecular complexity index is 1100. The van der Waals surface area contributed by atoms with Crippen molar-refractivity contribution in [3.8, 4) is 0 Å². The molecule has 0 unspecified atom stereocenters. The molecule has 4 aliphatic carbocycles. The molecule has 6 atom stereocenters. The van der Waals surface area contributed by atoms with E-state index in [9.17, 15) is 19.8 Å². The van der Waals surface area contributed by atoms with Gasteiger partial charge in [-0.2, -0.15) is 0 Å². The maximum absolute atomic E-state index is 13.7. The molecular weight excluding hydrogens is 414 g/mol. The maximum Gasteiger partial charge on any atom is 0.190 e. The van der Waals surface area contributed by atoms with Gasteiger partial charge >= 0.3 is 0 Å². The van der Waals surface area contributed by atoms with E-state index in [1.807, 2.05) is 25.1 Å². The highest BCUT2D eigenvalue weighted by Gasteiger charge is 2.68. The standard InChI is InChI=1S/C28H33NO4/c1-17-4-7-19(8-5-17)29-20-10-12-26(2)18(14-20)6-9-21-22-11-13-28(33,24(32)16-30)27(22,3)15-23(31)25(21)26/h4-5,7-8,10,12,14,21-22,25,30,33H,6,9,11,13,15-16H2,1-3H3/b29-20+/t21-,22-,25+,26-,27-,28-/m0/s1. The normalized spacial score (nSPS) is 40.8. The van der Waals surface area contributed by atoms with Crippen molar-refractivity contribution in [1.29, 1.82) is 0 Å². The number of rotatable bonds is 3. The van der Waals surface area contributed by atoms with Gasteiger partial charge in [0.2, 0.25) is 0 Å². The van der Waals surface area contributed by atoms with E-state index in [1.165, 1.54) is 11.1 Å². The highest BCUT2D eigenvalue weighted by atomic mass is 16.3. The molecule has 5 heteroatoms. The molecule has 0 bridgehead atoms. The second-order valence-corrected chi connectivity index (χ2v) is 11.0. The van der Waals surface area contributed by atoms with Gasteiger partial charge in [-0.3, -0.25) is 9.59 Å². The highest BCUT2D eigenvalue weighted by molar-refractivity contribution is 6.07. The first-order chi connectivity index (χ1) is 15.6. The van der Waals surface area contributed by atoms with Crippen LogP contribution in [-0.4, -0.2) is 39.7 Å². The van der Waals surface area contributed by atoms with E-state index in [2.05, 4.69) is 38.1 Å². The first-order valence-electron chi connectivity index (χ1n) is 12.1. The predicted octanol–water partition coefficient (Wildman–Crippen LogP) is 4.28. The minimum atomic E-state index is -1.61. The van der Waals surface area contributed by atoms with Crippen molar-refractivity contribution in [2.45, 2.75) is 58.5 Å². The van der Waals surface area contributed by atoms with Crippen LogP contribution in [0.15, 0.2) is 53.1 Å². The highest BCUT2D eigenvalue weighted by Crippen LogP contribution is 2.66. The molecule has 4 aliphatic rings. The van der Waals surface area contributed by atoms with E-state index in [-0.39, 0.29) is 35.4 Å². The molecule has 0 spiro atoms. The molecule has 0 aromatic heterocycles. The Morgan fingerprint density at radius 1 is 1.18 bits per heavy atom. The first-order valence-corrected chi connectivity index (χ1v) is 12.1. The third-order valence-electron chi connectivity index (χ3n) is 9.32. The molecule has 1 aromatic rings. The Morgan fingerprint density at radius 2 is 1.91 bits per heavy atom. The van der Waals surface area contributed by atoms with E-state index in [1.54, 1.807) is 0 Å². The molecule has 5 rings (SSSR count). The van der Waals surface area contributed by atoms with Crippen molar-refractivity contribution in [1.82, 2.24) is 0 Å². The average Bonchev–Trinajstić information content (AvgIpc) is 3.06. The number of carbonyl (C=O) groups excluding carboxylic acids is 2. The molecule has 0 saturated heterocycles. The summed E-state index contributed by atoms with van der Waals surface area (Å²) in [6, 6.07) is 8.13. The van der Waals surface area contributed by atoms with E-state index >= 15 is 0 Å². The lowest BCUT2D eigenvalue weighted by Crippen LogP contribution is -2.60. The molecule has 3 fully saturated rings. The van der Waals surface area contributed by atoms with Gasteiger partial charge in [0, 0.05) is 23.2 Å². The Balaban J connectivity index is 1.47. The molecule has 3 saturated carbocycles. The number of allylic oxidation sites excluding steroid dienone is 4. The number of aliphatic imine (C=N–C) groups is 1. The van der Waals surface area contributed by atoms with Crippen LogP contribution in [0.3, 0.4) is 0 Å². The van der Waals surface area contributed by atoms with Crippen molar-refractivity contribution in [2.24, 2.45) is 33.6 Å². The third-order valence-corrected chi connectivity index (χ3v) is 9.32. The lowest BCUT2D eigenvalue weighted by Gasteiger charge is -2.56. The number of fused-ring (bicyclic) bond motifs is 5. The van der Waals surface area contributed by atoms with Crippen LogP contribution >= 0.6 is 0 Å². The summed E-state index contributed by atoms with van der Waals surface area (Å²) in [7, 11) is 0. The van der Waals surface area contributed by atoms with Crippen LogP contribution in [0.1, 0.15) is 51.5 Å². The second kappa shape index (κ2) is 7.57. The van der Waals surface area contributed by atoms with Gasteiger partial charge in [-0.1, -0.05) is 43.2 Å². The van der Waals surface area contributed by atoms with Crippen molar-refractivity contribution in [3.63, 3.8) is 0 Å². The van der Waals surface area contributed by atoms with Crippen molar-refractivity contribution < 1.29 is 19.8 Å². The largest absolute Gasteiger partial charge is 0.388 e. The quantitative estimate of drug-likeness (QED) is 0.724. The number of aliphatic hydroxyl groups excluding tert-OH is 1. The number of Topliss-reactive ketones (excluding diaryl/α,β-unsaturated/α-hetero) is 2. The van der Waals surface area contributed by atoms with Gasteiger partial charge in [-0.25, -0.2) is 4.99 Å². The number of ketones is 2. The number of hydrogen-bond acceptors (Lipinski definition) is 5. The Kier molecular flexibility index (Phi) is 5.15. The Morgan fingerprint density at radius 3 is 2.61 bits per heavy atom. The van der Waals surface area contributed by atoms with Crippen LogP contribution in [0.5, 0.6) is 0 Å². The molecule has 0 heterocycles. The minimum absolute atomic E-state index is 0.0927. The molecule has 0 amide bonds. The molecule has 0 aliphatic heterocycles. The predicted molar refractivity (Wildman–Crippen MR) is 127 cm³/mol.